The molecule has 7 heteroatoms. The van der Waals surface area contributed by atoms with E-state index in [2.05, 4.69) is 4.98 Å². The molecule has 0 amide bonds. The van der Waals surface area contributed by atoms with Crippen LogP contribution in [0.5, 0.6) is 0 Å². The Kier molecular flexibility index (Phi) is 2.12. The largest absolute Gasteiger partial charge is 0.390 e. The molecule has 0 aliphatic rings. The van der Waals surface area contributed by atoms with Crippen molar-refractivity contribution in [2.75, 3.05) is 0 Å². The van der Waals surface area contributed by atoms with Crippen molar-refractivity contribution < 1.29 is 9.72 Å². The second-order valence-electron chi connectivity index (χ2n) is 2.74. The van der Waals surface area contributed by atoms with Crippen LogP contribution in [-0.2, 0) is 0 Å². The number of aromatic nitrogens is 2. The number of aldehydes is 1. The number of imidazole rings is 1. The number of rotatable bonds is 2. The van der Waals surface area contributed by atoms with Gasteiger partial charge in [0, 0.05) is 0 Å². The lowest BCUT2D eigenvalue weighted by molar-refractivity contribution is -0.387. The molecule has 2 rings (SSSR count). The Bertz CT molecular complexity index is 564. The average Bonchev–Trinajstić information content (AvgIpc) is 2.58. The lowest BCUT2D eigenvalue weighted by Crippen LogP contribution is -1.92. The minimum absolute atomic E-state index is 0.0812. The number of pyridine rings is 1. The van der Waals surface area contributed by atoms with E-state index >= 15 is 0 Å². The van der Waals surface area contributed by atoms with E-state index in [-0.39, 0.29) is 22.3 Å². The number of carbonyl (C=O) groups excluding carboxylic acids is 1. The normalized spacial score (nSPS) is 10.5. The van der Waals surface area contributed by atoms with E-state index in [0.717, 1.165) is 0 Å². The summed E-state index contributed by atoms with van der Waals surface area (Å²) in [5, 5.41) is 10.8. The molecule has 0 aromatic carbocycles. The highest BCUT2D eigenvalue weighted by Crippen LogP contribution is 2.23. The van der Waals surface area contributed by atoms with Gasteiger partial charge < -0.3 is 10.1 Å². The number of nitrogens with zero attached hydrogens (tertiary/aromatic N) is 3. The molecule has 2 aromatic heterocycles. The van der Waals surface area contributed by atoms with Crippen LogP contribution in [0, 0.1) is 10.1 Å². The maximum atomic E-state index is 10.6. The molecular formula is C8H4ClN3O3. The van der Waals surface area contributed by atoms with Gasteiger partial charge in [0.2, 0.25) is 6.29 Å². The van der Waals surface area contributed by atoms with Gasteiger partial charge in [-0.3, -0.25) is 9.20 Å². The van der Waals surface area contributed by atoms with E-state index in [1.807, 2.05) is 0 Å². The zero-order chi connectivity index (χ0) is 11.0. The van der Waals surface area contributed by atoms with Gasteiger partial charge >= 0.3 is 5.82 Å². The highest BCUT2D eigenvalue weighted by molar-refractivity contribution is 6.30. The Hall–Kier alpha value is -1.95. The summed E-state index contributed by atoms with van der Waals surface area (Å²) in [6.45, 7) is 0. The quantitative estimate of drug-likeness (QED) is 0.337. The first-order chi connectivity index (χ1) is 7.15. The molecule has 15 heavy (non-hydrogen) atoms. The maximum Gasteiger partial charge on any atom is 0.390 e. The molecule has 0 fully saturated rings. The summed E-state index contributed by atoms with van der Waals surface area (Å²) in [5.74, 6) is -0.457. The van der Waals surface area contributed by atoms with Gasteiger partial charge in [0.15, 0.2) is 0 Å². The number of hydrogen-bond donors (Lipinski definition) is 0. The summed E-state index contributed by atoms with van der Waals surface area (Å²) < 4.78 is 1.23. The van der Waals surface area contributed by atoms with Gasteiger partial charge in [0.25, 0.3) is 5.82 Å². The topological polar surface area (TPSA) is 77.5 Å². The van der Waals surface area contributed by atoms with E-state index in [0.29, 0.717) is 6.29 Å². The standard InChI is InChI=1S/C8H4ClN3O3/c9-6-3-1-2-5-8(12(14)15)10-7(4-13)11(5)6/h1-4H. The molecule has 0 saturated carbocycles. The van der Waals surface area contributed by atoms with Gasteiger partial charge in [-0.05, 0) is 22.0 Å². The Morgan fingerprint density at radius 2 is 2.27 bits per heavy atom. The maximum absolute atomic E-state index is 10.6. The first-order valence-corrected chi connectivity index (χ1v) is 4.29. The third-order valence-corrected chi connectivity index (χ3v) is 2.19. The van der Waals surface area contributed by atoms with Crippen molar-refractivity contribution in [1.29, 1.82) is 0 Å². The molecule has 0 N–H and O–H groups in total. The number of carbonyl (C=O) groups is 1. The van der Waals surface area contributed by atoms with Crippen LogP contribution in [0.25, 0.3) is 5.52 Å². The van der Waals surface area contributed by atoms with Gasteiger partial charge in [-0.1, -0.05) is 17.7 Å². The Morgan fingerprint density at radius 1 is 1.53 bits per heavy atom. The summed E-state index contributed by atoms with van der Waals surface area (Å²) in [4.78, 5) is 24.2. The SMILES string of the molecule is O=Cc1nc([N+](=O)[O-])c2cccc(Cl)n12. The Balaban J connectivity index is 2.93. The summed E-state index contributed by atoms with van der Waals surface area (Å²) in [5.41, 5.74) is 0.203. The van der Waals surface area contributed by atoms with Crippen molar-refractivity contribution >= 4 is 29.2 Å². The summed E-state index contributed by atoms with van der Waals surface area (Å²) >= 11 is 5.80. The summed E-state index contributed by atoms with van der Waals surface area (Å²) in [7, 11) is 0. The van der Waals surface area contributed by atoms with Crippen LogP contribution >= 0.6 is 11.6 Å². The molecule has 2 heterocycles. The Labute approximate surface area is 88.3 Å². The molecule has 0 aliphatic carbocycles. The van der Waals surface area contributed by atoms with Crippen LogP contribution in [0.15, 0.2) is 18.2 Å². The van der Waals surface area contributed by atoms with E-state index < -0.39 is 4.92 Å². The highest BCUT2D eigenvalue weighted by atomic mass is 35.5. The number of fused-ring (bicyclic) bond motifs is 1. The van der Waals surface area contributed by atoms with E-state index in [4.69, 9.17) is 11.6 Å². The minimum atomic E-state index is -0.654. The third-order valence-electron chi connectivity index (χ3n) is 1.90. The average molecular weight is 226 g/mol. The van der Waals surface area contributed by atoms with Crippen LogP contribution in [0.1, 0.15) is 10.6 Å². The monoisotopic (exact) mass is 225 g/mol. The second-order valence-corrected chi connectivity index (χ2v) is 3.12. The molecule has 2 aromatic rings. The molecule has 0 saturated heterocycles. The molecule has 0 spiro atoms. The summed E-state index contributed by atoms with van der Waals surface area (Å²) in [6.07, 6.45) is 0.422. The van der Waals surface area contributed by atoms with Crippen molar-refractivity contribution in [2.45, 2.75) is 0 Å². The van der Waals surface area contributed by atoms with Crippen LogP contribution in [0.4, 0.5) is 5.82 Å². The summed E-state index contributed by atoms with van der Waals surface area (Å²) in [6, 6.07) is 4.55. The van der Waals surface area contributed by atoms with Crippen molar-refractivity contribution in [1.82, 2.24) is 9.38 Å². The highest BCUT2D eigenvalue weighted by Gasteiger charge is 2.22. The third kappa shape index (κ3) is 1.35. The molecule has 0 bridgehead atoms. The van der Waals surface area contributed by atoms with Crippen molar-refractivity contribution in [3.8, 4) is 0 Å². The second kappa shape index (κ2) is 3.32. The fourth-order valence-corrected chi connectivity index (χ4v) is 1.57. The van der Waals surface area contributed by atoms with E-state index in [1.54, 1.807) is 6.07 Å². The van der Waals surface area contributed by atoms with Gasteiger partial charge in [-0.2, -0.15) is 0 Å². The molecule has 0 unspecified atom stereocenters. The number of nitro groups is 1. The molecule has 0 aliphatic heterocycles. The predicted molar refractivity (Wildman–Crippen MR) is 52.2 cm³/mol. The van der Waals surface area contributed by atoms with E-state index in [9.17, 15) is 14.9 Å². The first-order valence-electron chi connectivity index (χ1n) is 3.91. The molecular weight excluding hydrogens is 222 g/mol. The van der Waals surface area contributed by atoms with E-state index in [1.165, 1.54) is 16.5 Å². The lowest BCUT2D eigenvalue weighted by atomic mass is 10.4. The molecule has 0 atom stereocenters. The van der Waals surface area contributed by atoms with Crippen molar-refractivity contribution in [3.63, 3.8) is 0 Å². The van der Waals surface area contributed by atoms with Crippen molar-refractivity contribution in [2.24, 2.45) is 0 Å². The van der Waals surface area contributed by atoms with Gasteiger partial charge in [0.05, 0.1) is 0 Å². The number of halogens is 1. The zero-order valence-corrected chi connectivity index (χ0v) is 8.01. The fraction of sp³-hybridized carbons (Fsp3) is 0. The molecule has 0 radical (unpaired) electrons. The van der Waals surface area contributed by atoms with Gasteiger partial charge in [0.1, 0.15) is 10.7 Å². The van der Waals surface area contributed by atoms with Crippen LogP contribution < -0.4 is 0 Å². The van der Waals surface area contributed by atoms with Gasteiger partial charge in [-0.15, -0.1) is 0 Å². The predicted octanol–water partition coefficient (Wildman–Crippen LogP) is 1.71. The number of hydrogen-bond acceptors (Lipinski definition) is 4. The zero-order valence-electron chi connectivity index (χ0n) is 7.25. The van der Waals surface area contributed by atoms with Crippen LogP contribution in [-0.4, -0.2) is 20.6 Å². The lowest BCUT2D eigenvalue weighted by Gasteiger charge is -1.95. The first kappa shape index (κ1) is 9.60. The molecule has 6 nitrogen and oxygen atoms in total. The fourth-order valence-electron chi connectivity index (χ4n) is 1.32. The van der Waals surface area contributed by atoms with Crippen LogP contribution in [0.3, 0.4) is 0 Å². The van der Waals surface area contributed by atoms with Crippen molar-refractivity contribution in [3.05, 3.63) is 39.3 Å². The minimum Gasteiger partial charge on any atom is -0.358 e. The molecule has 76 valence electrons. The Morgan fingerprint density at radius 3 is 2.87 bits per heavy atom. The smallest absolute Gasteiger partial charge is 0.358 e. The van der Waals surface area contributed by atoms with Crippen LogP contribution in [0.2, 0.25) is 5.15 Å². The van der Waals surface area contributed by atoms with Gasteiger partial charge in [-0.25, -0.2) is 0 Å².